The first-order valence-electron chi connectivity index (χ1n) is 17.5. The van der Waals surface area contributed by atoms with Crippen molar-refractivity contribution in [3.63, 3.8) is 0 Å². The molecule has 0 radical (unpaired) electrons. The van der Waals surface area contributed by atoms with Crippen LogP contribution in [0.4, 0.5) is 0 Å². The van der Waals surface area contributed by atoms with Crippen LogP contribution < -0.4 is 0 Å². The molecule has 0 saturated heterocycles. The smallest absolute Gasteiger partial charge is 0.238 e. The molecule has 0 fully saturated rings. The van der Waals surface area contributed by atoms with Crippen molar-refractivity contribution in [2.75, 3.05) is 0 Å². The van der Waals surface area contributed by atoms with Gasteiger partial charge in [0.25, 0.3) is 0 Å². The number of benzene rings is 8. The third-order valence-electron chi connectivity index (χ3n) is 10.3. The Morgan fingerprint density at radius 1 is 0.327 bits per heavy atom. The fourth-order valence-electron chi connectivity index (χ4n) is 7.95. The Balaban J connectivity index is 1.19. The van der Waals surface area contributed by atoms with Crippen LogP contribution in [0.15, 0.2) is 176 Å². The third kappa shape index (κ3) is 4.33. The number of fused-ring (bicyclic) bond motifs is 9. The van der Waals surface area contributed by atoms with Crippen molar-refractivity contribution in [2.24, 2.45) is 0 Å². The maximum Gasteiger partial charge on any atom is 0.238 e. The molecule has 0 amide bonds. The zero-order valence-corrected chi connectivity index (χ0v) is 28.0. The van der Waals surface area contributed by atoms with Gasteiger partial charge in [0.2, 0.25) is 5.95 Å². The van der Waals surface area contributed by atoms with Gasteiger partial charge in [-0.15, -0.1) is 0 Å². The van der Waals surface area contributed by atoms with Gasteiger partial charge in [-0.25, -0.2) is 4.98 Å². The highest BCUT2D eigenvalue weighted by atomic mass is 15.2. The second-order valence-corrected chi connectivity index (χ2v) is 13.3. The summed E-state index contributed by atoms with van der Waals surface area (Å²) >= 11 is 0. The van der Waals surface area contributed by atoms with Gasteiger partial charge in [-0.3, -0.25) is 4.57 Å². The quantitative estimate of drug-likeness (QED) is 0.188. The lowest BCUT2D eigenvalue weighted by molar-refractivity contribution is 0.954. The summed E-state index contributed by atoms with van der Waals surface area (Å²) in [5, 5.41) is 9.59. The number of nitrogens with zero attached hydrogens (tertiary/aromatic N) is 5. The maximum atomic E-state index is 5.14. The molecule has 8 aromatic carbocycles. The Hall–Kier alpha value is -7.11. The molecular weight excluding hydrogens is 635 g/mol. The van der Waals surface area contributed by atoms with E-state index in [0.29, 0.717) is 17.6 Å². The average molecular weight is 664 g/mol. The topological polar surface area (TPSA) is 48.5 Å². The number of hydrogen-bond acceptors (Lipinski definition) is 3. The zero-order valence-electron chi connectivity index (χ0n) is 28.0. The van der Waals surface area contributed by atoms with Crippen molar-refractivity contribution < 1.29 is 0 Å². The van der Waals surface area contributed by atoms with Gasteiger partial charge in [-0.1, -0.05) is 140 Å². The first-order valence-corrected chi connectivity index (χ1v) is 17.5. The summed E-state index contributed by atoms with van der Waals surface area (Å²) in [4.78, 5) is 15.3. The van der Waals surface area contributed by atoms with Crippen molar-refractivity contribution in [1.29, 1.82) is 0 Å². The lowest BCUT2D eigenvalue weighted by atomic mass is 10.0. The van der Waals surface area contributed by atoms with E-state index in [1.165, 1.54) is 38.0 Å². The summed E-state index contributed by atoms with van der Waals surface area (Å²) in [7, 11) is 0. The standard InChI is InChI=1S/C47H29N5/c1-3-14-31(15-4-1)45-48-46(32-16-5-2-6-17-32)50-47(49-45)52-42-22-12-10-20-38(42)40-28-33-23-25-35(27-34(33)29-43(40)52)51-41-21-11-9-19-37(41)39-26-24-30-13-7-8-18-36(30)44(39)51/h1-29H. The van der Waals surface area contributed by atoms with E-state index < -0.39 is 0 Å². The van der Waals surface area contributed by atoms with Crippen molar-refractivity contribution in [3.05, 3.63) is 176 Å². The van der Waals surface area contributed by atoms with Gasteiger partial charge in [0.05, 0.1) is 22.1 Å². The number of para-hydroxylation sites is 2. The summed E-state index contributed by atoms with van der Waals surface area (Å²) in [6, 6.07) is 62.2. The Labute approximate surface area is 298 Å². The highest BCUT2D eigenvalue weighted by Gasteiger charge is 2.20. The van der Waals surface area contributed by atoms with Gasteiger partial charge in [0, 0.05) is 43.7 Å². The van der Waals surface area contributed by atoms with Crippen molar-refractivity contribution in [1.82, 2.24) is 24.1 Å². The van der Waals surface area contributed by atoms with Crippen LogP contribution in [0.2, 0.25) is 0 Å². The molecule has 0 unspecified atom stereocenters. The minimum absolute atomic E-state index is 0.586. The normalized spacial score (nSPS) is 11.8. The van der Waals surface area contributed by atoms with Crippen LogP contribution in [-0.2, 0) is 0 Å². The van der Waals surface area contributed by atoms with E-state index in [9.17, 15) is 0 Å². The van der Waals surface area contributed by atoms with E-state index >= 15 is 0 Å². The molecule has 242 valence electrons. The monoisotopic (exact) mass is 663 g/mol. The summed E-state index contributed by atoms with van der Waals surface area (Å²) in [6.45, 7) is 0. The lowest BCUT2D eigenvalue weighted by Gasteiger charge is -2.12. The highest BCUT2D eigenvalue weighted by Crippen LogP contribution is 2.39. The first-order chi connectivity index (χ1) is 25.8. The number of hydrogen-bond donors (Lipinski definition) is 0. The Kier molecular flexibility index (Phi) is 6.18. The van der Waals surface area contributed by atoms with Gasteiger partial charge < -0.3 is 4.57 Å². The molecule has 5 nitrogen and oxygen atoms in total. The van der Waals surface area contributed by atoms with E-state index in [4.69, 9.17) is 15.0 Å². The van der Waals surface area contributed by atoms with Crippen LogP contribution >= 0.6 is 0 Å². The van der Waals surface area contributed by atoms with Crippen LogP contribution in [-0.4, -0.2) is 24.1 Å². The minimum Gasteiger partial charge on any atom is -0.309 e. The Bertz CT molecular complexity index is 3120. The Morgan fingerprint density at radius 3 is 1.62 bits per heavy atom. The predicted molar refractivity (Wildman–Crippen MR) is 214 cm³/mol. The third-order valence-corrected chi connectivity index (χ3v) is 10.3. The van der Waals surface area contributed by atoms with Gasteiger partial charge in [-0.2, -0.15) is 9.97 Å². The van der Waals surface area contributed by atoms with Gasteiger partial charge in [0.1, 0.15) is 0 Å². The molecule has 52 heavy (non-hydrogen) atoms. The maximum absolute atomic E-state index is 5.14. The SMILES string of the molecule is c1ccc(-c2nc(-c3ccccc3)nc(-n3c4ccccc4c4cc5ccc(-n6c7ccccc7c7ccc8ccccc8c76)cc5cc43)n2)cc1. The molecular formula is C47H29N5. The van der Waals surface area contributed by atoms with E-state index in [2.05, 4.69) is 124 Å². The molecule has 0 spiro atoms. The highest BCUT2D eigenvalue weighted by molar-refractivity contribution is 6.19. The van der Waals surface area contributed by atoms with E-state index in [1.54, 1.807) is 0 Å². The number of aromatic nitrogens is 5. The van der Waals surface area contributed by atoms with Crippen molar-refractivity contribution >= 4 is 65.2 Å². The zero-order chi connectivity index (χ0) is 34.2. The molecule has 0 saturated carbocycles. The van der Waals surface area contributed by atoms with Gasteiger partial charge >= 0.3 is 0 Å². The molecule has 0 bridgehead atoms. The molecule has 11 aromatic rings. The fourth-order valence-corrected chi connectivity index (χ4v) is 7.95. The molecule has 3 heterocycles. The summed E-state index contributed by atoms with van der Waals surface area (Å²) in [5.74, 6) is 1.86. The largest absolute Gasteiger partial charge is 0.309 e. The average Bonchev–Trinajstić information content (AvgIpc) is 3.73. The van der Waals surface area contributed by atoms with Crippen LogP contribution in [0.1, 0.15) is 0 Å². The minimum atomic E-state index is 0.586. The second-order valence-electron chi connectivity index (χ2n) is 13.3. The second kappa shape index (κ2) is 11.2. The summed E-state index contributed by atoms with van der Waals surface area (Å²) in [6.07, 6.45) is 0. The molecule has 0 N–H and O–H groups in total. The van der Waals surface area contributed by atoms with Gasteiger partial charge in [0.15, 0.2) is 11.6 Å². The van der Waals surface area contributed by atoms with Crippen LogP contribution in [0.3, 0.4) is 0 Å². The predicted octanol–water partition coefficient (Wildman–Crippen LogP) is 11.7. The molecule has 0 aliphatic carbocycles. The lowest BCUT2D eigenvalue weighted by Crippen LogP contribution is -2.06. The number of rotatable bonds is 4. The van der Waals surface area contributed by atoms with E-state index in [-0.39, 0.29) is 0 Å². The van der Waals surface area contributed by atoms with Gasteiger partial charge in [-0.05, 0) is 52.6 Å². The van der Waals surface area contributed by atoms with E-state index in [0.717, 1.165) is 44.0 Å². The van der Waals surface area contributed by atoms with Crippen LogP contribution in [0.5, 0.6) is 0 Å². The van der Waals surface area contributed by atoms with Crippen molar-refractivity contribution in [3.8, 4) is 34.4 Å². The Morgan fingerprint density at radius 2 is 0.904 bits per heavy atom. The molecule has 0 aliphatic heterocycles. The first kappa shape index (κ1) is 28.7. The molecule has 11 rings (SSSR count). The van der Waals surface area contributed by atoms with Crippen molar-refractivity contribution in [2.45, 2.75) is 0 Å². The van der Waals surface area contributed by atoms with Crippen LogP contribution in [0, 0.1) is 0 Å². The summed E-state index contributed by atoms with van der Waals surface area (Å²) in [5.41, 5.74) is 7.51. The molecule has 5 heteroatoms. The van der Waals surface area contributed by atoms with Crippen LogP contribution in [0.25, 0.3) is 99.6 Å². The molecule has 0 atom stereocenters. The summed E-state index contributed by atoms with van der Waals surface area (Å²) < 4.78 is 4.63. The fraction of sp³-hybridized carbons (Fsp3) is 0. The molecule has 0 aliphatic rings. The molecule has 3 aromatic heterocycles. The van der Waals surface area contributed by atoms with E-state index in [1.807, 2.05) is 60.7 Å².